The molecule has 3 aliphatic heterocycles. The van der Waals surface area contributed by atoms with Gasteiger partial charge in [-0.1, -0.05) is 48.9 Å². The van der Waals surface area contributed by atoms with Crippen LogP contribution in [0.5, 0.6) is 0 Å². The molecule has 0 saturated carbocycles. The fourth-order valence-electron chi connectivity index (χ4n) is 5.56. The van der Waals surface area contributed by atoms with Gasteiger partial charge in [0.2, 0.25) is 5.91 Å². The van der Waals surface area contributed by atoms with Crippen LogP contribution in [-0.4, -0.2) is 36.0 Å². The predicted octanol–water partition coefficient (Wildman–Crippen LogP) is 3.64. The summed E-state index contributed by atoms with van der Waals surface area (Å²) in [7, 11) is 0. The molecule has 0 radical (unpaired) electrons. The molecular formula is C23H29N3O. The quantitative estimate of drug-likeness (QED) is 0.843. The van der Waals surface area contributed by atoms with Crippen molar-refractivity contribution < 1.29 is 4.79 Å². The van der Waals surface area contributed by atoms with Crippen molar-refractivity contribution in [2.24, 2.45) is 11.8 Å². The molecule has 1 aliphatic carbocycles. The number of piperidine rings is 1. The number of para-hydroxylation sites is 1. The zero-order valence-corrected chi connectivity index (χ0v) is 15.8. The van der Waals surface area contributed by atoms with Crippen molar-refractivity contribution in [2.45, 2.75) is 50.2 Å². The van der Waals surface area contributed by atoms with E-state index in [0.29, 0.717) is 23.8 Å². The highest BCUT2D eigenvalue weighted by Gasteiger charge is 2.48. The van der Waals surface area contributed by atoms with Gasteiger partial charge in [0, 0.05) is 30.1 Å². The minimum absolute atomic E-state index is 0.00973. The highest BCUT2D eigenvalue weighted by molar-refractivity contribution is 5.83. The fourth-order valence-corrected chi connectivity index (χ4v) is 5.56. The van der Waals surface area contributed by atoms with Crippen molar-refractivity contribution in [2.75, 3.05) is 18.4 Å². The molecule has 0 aromatic heterocycles. The van der Waals surface area contributed by atoms with Gasteiger partial charge in [0.25, 0.3) is 0 Å². The molecule has 1 amide bonds. The summed E-state index contributed by atoms with van der Waals surface area (Å²) < 4.78 is 0. The molecule has 2 fully saturated rings. The van der Waals surface area contributed by atoms with Gasteiger partial charge in [-0.3, -0.25) is 4.79 Å². The number of fused-ring (bicyclic) bond motifs is 3. The first-order chi connectivity index (χ1) is 13.3. The van der Waals surface area contributed by atoms with Gasteiger partial charge < -0.3 is 15.5 Å². The van der Waals surface area contributed by atoms with E-state index in [2.05, 4.69) is 64.1 Å². The molecule has 0 spiro atoms. The van der Waals surface area contributed by atoms with Crippen LogP contribution in [-0.2, 0) is 4.79 Å². The van der Waals surface area contributed by atoms with Crippen molar-refractivity contribution in [1.82, 2.24) is 10.2 Å². The smallest absolute Gasteiger partial charge is 0.240 e. The molecule has 4 heteroatoms. The second-order valence-electron chi connectivity index (χ2n) is 8.40. The van der Waals surface area contributed by atoms with Crippen molar-refractivity contribution in [3.05, 3.63) is 54.1 Å². The zero-order chi connectivity index (χ0) is 18.2. The first kappa shape index (κ1) is 17.1. The molecule has 3 heterocycles. The topological polar surface area (TPSA) is 44.4 Å². The molecule has 27 heavy (non-hydrogen) atoms. The molecule has 2 saturated heterocycles. The number of amides is 1. The summed E-state index contributed by atoms with van der Waals surface area (Å²) in [5, 5.41) is 7.30. The average molecular weight is 364 g/mol. The number of nitrogens with one attached hydrogen (secondary N) is 2. The molecule has 1 aromatic carbocycles. The van der Waals surface area contributed by atoms with Crippen LogP contribution < -0.4 is 10.6 Å². The summed E-state index contributed by atoms with van der Waals surface area (Å²) in [4.78, 5) is 15.6. The van der Waals surface area contributed by atoms with E-state index in [4.69, 9.17) is 0 Å². The number of carbonyl (C=O) groups is 1. The molecule has 1 unspecified atom stereocenters. The van der Waals surface area contributed by atoms with Crippen molar-refractivity contribution in [3.63, 3.8) is 0 Å². The van der Waals surface area contributed by atoms with Crippen LogP contribution in [0.3, 0.4) is 0 Å². The van der Waals surface area contributed by atoms with Crippen LogP contribution in [0.25, 0.3) is 0 Å². The van der Waals surface area contributed by atoms with Gasteiger partial charge in [-0.2, -0.15) is 0 Å². The fraction of sp³-hybridized carbons (Fsp3) is 0.522. The Balaban J connectivity index is 1.47. The highest BCUT2D eigenvalue weighted by atomic mass is 16.2. The third-order valence-corrected chi connectivity index (χ3v) is 6.87. The van der Waals surface area contributed by atoms with E-state index in [9.17, 15) is 4.79 Å². The number of hydrogen-bond acceptors (Lipinski definition) is 3. The van der Waals surface area contributed by atoms with E-state index in [1.54, 1.807) is 0 Å². The predicted molar refractivity (Wildman–Crippen MR) is 108 cm³/mol. The lowest BCUT2D eigenvalue weighted by atomic mass is 9.75. The maximum absolute atomic E-state index is 13.4. The Morgan fingerprint density at radius 2 is 2.04 bits per heavy atom. The van der Waals surface area contributed by atoms with E-state index in [1.807, 2.05) is 0 Å². The third-order valence-electron chi connectivity index (χ3n) is 6.87. The van der Waals surface area contributed by atoms with E-state index >= 15 is 0 Å². The minimum atomic E-state index is 0.00973. The van der Waals surface area contributed by atoms with Crippen LogP contribution in [0.1, 0.15) is 43.7 Å². The summed E-state index contributed by atoms with van der Waals surface area (Å²) in [6.07, 6.45) is 14.4. The third kappa shape index (κ3) is 3.00. The average Bonchev–Trinajstić information content (AvgIpc) is 3.19. The first-order valence-electron chi connectivity index (χ1n) is 10.6. The van der Waals surface area contributed by atoms with Gasteiger partial charge in [-0.05, 0) is 43.9 Å². The van der Waals surface area contributed by atoms with E-state index < -0.39 is 0 Å². The molecule has 5 rings (SSSR count). The Kier molecular flexibility index (Phi) is 4.52. The van der Waals surface area contributed by atoms with Crippen LogP contribution >= 0.6 is 0 Å². The number of likely N-dealkylation sites (tertiary alicyclic amines) is 1. The standard InChI is InChI=1S/C23H29N3O/c27-23(20-12-6-7-14-24-20)26-15-13-18-21(16-8-2-1-3-9-16)25-19-11-5-4-10-17(19)22(18)26/h1-5,8,10-11,16,18,20-22,24-25H,6-7,9,12-15H2/t16?,18-,20-,21+,22+/m1/s1. The maximum Gasteiger partial charge on any atom is 0.240 e. The lowest BCUT2D eigenvalue weighted by Gasteiger charge is -2.43. The van der Waals surface area contributed by atoms with Crippen LogP contribution in [0.2, 0.25) is 0 Å². The Hall–Kier alpha value is -2.07. The van der Waals surface area contributed by atoms with Crippen molar-refractivity contribution in [1.29, 1.82) is 0 Å². The Bertz CT molecular complexity index is 765. The molecule has 142 valence electrons. The lowest BCUT2D eigenvalue weighted by molar-refractivity contribution is -0.135. The number of anilines is 1. The van der Waals surface area contributed by atoms with E-state index in [-0.39, 0.29) is 12.1 Å². The number of carbonyl (C=O) groups excluding carboxylic acids is 1. The van der Waals surface area contributed by atoms with Gasteiger partial charge >= 0.3 is 0 Å². The van der Waals surface area contributed by atoms with E-state index in [0.717, 1.165) is 38.8 Å². The summed E-state index contributed by atoms with van der Waals surface area (Å²) in [6.45, 7) is 1.85. The van der Waals surface area contributed by atoms with Gasteiger partial charge in [0.1, 0.15) is 0 Å². The van der Waals surface area contributed by atoms with Gasteiger partial charge in [-0.15, -0.1) is 0 Å². The van der Waals surface area contributed by atoms with Gasteiger partial charge in [0.15, 0.2) is 0 Å². The van der Waals surface area contributed by atoms with Gasteiger partial charge in [-0.25, -0.2) is 0 Å². The minimum Gasteiger partial charge on any atom is -0.381 e. The monoisotopic (exact) mass is 363 g/mol. The normalized spacial score (nSPS) is 34.7. The molecular weight excluding hydrogens is 334 g/mol. The first-order valence-corrected chi connectivity index (χ1v) is 10.6. The number of hydrogen-bond donors (Lipinski definition) is 2. The molecule has 1 aromatic rings. The van der Waals surface area contributed by atoms with Crippen LogP contribution in [0.4, 0.5) is 5.69 Å². The second kappa shape index (κ2) is 7.16. The Labute approximate surface area is 161 Å². The summed E-state index contributed by atoms with van der Waals surface area (Å²) >= 11 is 0. The number of rotatable bonds is 2. The molecule has 4 aliphatic rings. The molecule has 2 N–H and O–H groups in total. The zero-order valence-electron chi connectivity index (χ0n) is 15.8. The number of nitrogens with zero attached hydrogens (tertiary/aromatic N) is 1. The van der Waals surface area contributed by atoms with Crippen LogP contribution in [0.15, 0.2) is 48.6 Å². The summed E-state index contributed by atoms with van der Waals surface area (Å²) in [5.41, 5.74) is 2.51. The van der Waals surface area contributed by atoms with Crippen LogP contribution in [0, 0.1) is 11.8 Å². The summed E-state index contributed by atoms with van der Waals surface area (Å²) in [5.74, 6) is 1.30. The van der Waals surface area contributed by atoms with Crippen molar-refractivity contribution in [3.8, 4) is 0 Å². The Morgan fingerprint density at radius 1 is 1.11 bits per heavy atom. The largest absolute Gasteiger partial charge is 0.381 e. The van der Waals surface area contributed by atoms with Gasteiger partial charge in [0.05, 0.1) is 12.1 Å². The van der Waals surface area contributed by atoms with Crippen molar-refractivity contribution >= 4 is 11.6 Å². The Morgan fingerprint density at radius 3 is 2.85 bits per heavy atom. The summed E-state index contributed by atoms with van der Waals surface area (Å²) in [6, 6.07) is 9.22. The number of benzene rings is 1. The number of allylic oxidation sites excluding steroid dienone is 3. The molecule has 5 atom stereocenters. The van der Waals surface area contributed by atoms with E-state index in [1.165, 1.54) is 17.7 Å². The highest BCUT2D eigenvalue weighted by Crippen LogP contribution is 2.49. The lowest BCUT2D eigenvalue weighted by Crippen LogP contribution is -2.50. The second-order valence-corrected chi connectivity index (χ2v) is 8.40. The maximum atomic E-state index is 13.4. The molecule has 4 nitrogen and oxygen atoms in total. The SMILES string of the molecule is O=C([C@H]1CCCCN1)N1CC[C@@H]2[C@H](C3C=CC=CC3)Nc3ccccc3[C@@H]21. The molecule has 0 bridgehead atoms.